The summed E-state index contributed by atoms with van der Waals surface area (Å²) in [6.07, 6.45) is 0. The Morgan fingerprint density at radius 2 is 2.00 bits per heavy atom. The van der Waals surface area contributed by atoms with Gasteiger partial charge < -0.3 is 15.3 Å². The van der Waals surface area contributed by atoms with E-state index in [1.807, 2.05) is 0 Å². The Bertz CT molecular complexity index is 320. The molecule has 0 aliphatic heterocycles. The number of aliphatic hydroxyl groups is 1. The van der Waals surface area contributed by atoms with Gasteiger partial charge in [0, 0.05) is 0 Å². The summed E-state index contributed by atoms with van der Waals surface area (Å²) in [5.41, 5.74) is 7.22. The minimum absolute atomic E-state index is 0.0162. The van der Waals surface area contributed by atoms with Crippen LogP contribution in [0.15, 0.2) is 18.2 Å². The molecule has 0 unspecified atom stereocenters. The highest BCUT2D eigenvalue weighted by molar-refractivity contribution is 6.70. The third-order valence-corrected chi connectivity index (χ3v) is 2.51. The number of benzene rings is 1. The second-order valence-corrected chi connectivity index (χ2v) is 8.67. The Morgan fingerprint density at radius 1 is 1.36 bits per heavy atom. The number of nitrogens with two attached hydrogens (primary N) is 1. The van der Waals surface area contributed by atoms with Gasteiger partial charge in [0.1, 0.15) is 5.75 Å². The van der Waals surface area contributed by atoms with Crippen LogP contribution in [0.3, 0.4) is 0 Å². The Kier molecular flexibility index (Phi) is 3.18. The maximum atomic E-state index is 8.97. The van der Waals surface area contributed by atoms with E-state index in [-0.39, 0.29) is 6.61 Å². The van der Waals surface area contributed by atoms with Crippen molar-refractivity contribution < 1.29 is 9.53 Å². The molecule has 78 valence electrons. The third kappa shape index (κ3) is 3.05. The Balaban J connectivity index is 2.95. The standard InChI is InChI=1S/C10H17NO2Si/c1-14(2,3)13-10-6-8(7-12)4-5-9(10)11/h4-6,12H,7,11H2,1-3H3. The first kappa shape index (κ1) is 11.1. The normalized spacial score (nSPS) is 11.4. The van der Waals surface area contributed by atoms with Crippen LogP contribution in [0.1, 0.15) is 5.56 Å². The van der Waals surface area contributed by atoms with Crippen LogP contribution in [0.4, 0.5) is 5.69 Å². The van der Waals surface area contributed by atoms with Crippen molar-refractivity contribution >= 4 is 14.0 Å². The number of aliphatic hydroxyl groups excluding tert-OH is 1. The van der Waals surface area contributed by atoms with Crippen LogP contribution in [-0.2, 0) is 6.61 Å². The molecule has 0 heterocycles. The van der Waals surface area contributed by atoms with E-state index in [2.05, 4.69) is 19.6 Å². The summed E-state index contributed by atoms with van der Waals surface area (Å²) in [5, 5.41) is 8.97. The van der Waals surface area contributed by atoms with Gasteiger partial charge in [0.2, 0.25) is 8.32 Å². The van der Waals surface area contributed by atoms with E-state index < -0.39 is 8.32 Å². The van der Waals surface area contributed by atoms with Crippen LogP contribution in [0.5, 0.6) is 5.75 Å². The average molecular weight is 211 g/mol. The molecule has 0 bridgehead atoms. The van der Waals surface area contributed by atoms with Crippen LogP contribution in [-0.4, -0.2) is 13.4 Å². The molecule has 1 rings (SSSR count). The lowest BCUT2D eigenvalue weighted by molar-refractivity contribution is 0.281. The molecule has 0 atom stereocenters. The van der Waals surface area contributed by atoms with Crippen LogP contribution < -0.4 is 10.2 Å². The van der Waals surface area contributed by atoms with E-state index in [0.717, 1.165) is 5.56 Å². The molecule has 0 aliphatic carbocycles. The van der Waals surface area contributed by atoms with Gasteiger partial charge in [-0.05, 0) is 37.3 Å². The molecule has 1 aromatic carbocycles. The van der Waals surface area contributed by atoms with E-state index in [4.69, 9.17) is 15.3 Å². The largest absolute Gasteiger partial charge is 0.543 e. The minimum Gasteiger partial charge on any atom is -0.543 e. The van der Waals surface area contributed by atoms with Crippen LogP contribution in [0.2, 0.25) is 19.6 Å². The number of hydrogen-bond donors (Lipinski definition) is 2. The summed E-state index contributed by atoms with van der Waals surface area (Å²) in [7, 11) is -1.63. The van der Waals surface area contributed by atoms with Gasteiger partial charge in [-0.25, -0.2) is 0 Å². The van der Waals surface area contributed by atoms with E-state index in [0.29, 0.717) is 11.4 Å². The molecule has 0 aliphatic rings. The number of anilines is 1. The number of hydrogen-bond acceptors (Lipinski definition) is 3. The summed E-state index contributed by atoms with van der Waals surface area (Å²) < 4.78 is 5.78. The molecule has 0 spiro atoms. The molecule has 4 heteroatoms. The lowest BCUT2D eigenvalue weighted by Gasteiger charge is -2.20. The summed E-state index contributed by atoms with van der Waals surface area (Å²) in [6.45, 7) is 6.30. The molecule has 14 heavy (non-hydrogen) atoms. The Labute approximate surface area is 85.6 Å². The predicted molar refractivity (Wildman–Crippen MR) is 60.8 cm³/mol. The van der Waals surface area contributed by atoms with Crippen molar-refractivity contribution in [3.8, 4) is 5.75 Å². The fraction of sp³-hybridized carbons (Fsp3) is 0.400. The zero-order chi connectivity index (χ0) is 10.8. The molecular formula is C10H17NO2Si. The van der Waals surface area contributed by atoms with Crippen molar-refractivity contribution in [3.63, 3.8) is 0 Å². The number of nitrogen functional groups attached to an aromatic ring is 1. The lowest BCUT2D eigenvalue weighted by atomic mass is 10.2. The van der Waals surface area contributed by atoms with Crippen molar-refractivity contribution in [2.45, 2.75) is 26.2 Å². The van der Waals surface area contributed by atoms with E-state index in [1.54, 1.807) is 18.2 Å². The monoisotopic (exact) mass is 211 g/mol. The van der Waals surface area contributed by atoms with E-state index in [9.17, 15) is 0 Å². The fourth-order valence-electron chi connectivity index (χ4n) is 1.10. The smallest absolute Gasteiger partial charge is 0.242 e. The molecule has 0 saturated heterocycles. The van der Waals surface area contributed by atoms with E-state index in [1.165, 1.54) is 0 Å². The first-order chi connectivity index (χ1) is 6.42. The van der Waals surface area contributed by atoms with Gasteiger partial charge in [-0.1, -0.05) is 6.07 Å². The van der Waals surface area contributed by atoms with Crippen LogP contribution in [0, 0.1) is 0 Å². The second kappa shape index (κ2) is 4.02. The van der Waals surface area contributed by atoms with Crippen molar-refractivity contribution in [1.29, 1.82) is 0 Å². The highest BCUT2D eigenvalue weighted by atomic mass is 28.4. The summed E-state index contributed by atoms with van der Waals surface area (Å²) in [5.74, 6) is 0.690. The zero-order valence-corrected chi connectivity index (χ0v) is 9.87. The van der Waals surface area contributed by atoms with Crippen LogP contribution >= 0.6 is 0 Å². The van der Waals surface area contributed by atoms with Gasteiger partial charge in [0.05, 0.1) is 12.3 Å². The molecule has 0 fully saturated rings. The molecule has 0 amide bonds. The van der Waals surface area contributed by atoms with Gasteiger partial charge >= 0.3 is 0 Å². The van der Waals surface area contributed by atoms with Gasteiger partial charge in [0.25, 0.3) is 0 Å². The highest BCUT2D eigenvalue weighted by Gasteiger charge is 2.17. The van der Waals surface area contributed by atoms with Gasteiger partial charge in [-0.15, -0.1) is 0 Å². The summed E-state index contributed by atoms with van der Waals surface area (Å²) >= 11 is 0. The lowest BCUT2D eigenvalue weighted by Crippen LogP contribution is -2.29. The molecule has 0 radical (unpaired) electrons. The van der Waals surface area contributed by atoms with E-state index >= 15 is 0 Å². The quantitative estimate of drug-likeness (QED) is 0.593. The summed E-state index contributed by atoms with van der Waals surface area (Å²) in [4.78, 5) is 0. The first-order valence-corrected chi connectivity index (χ1v) is 8.01. The zero-order valence-electron chi connectivity index (χ0n) is 8.87. The Hall–Kier alpha value is -1.00. The molecular weight excluding hydrogens is 194 g/mol. The third-order valence-electron chi connectivity index (χ3n) is 1.68. The fourth-order valence-corrected chi connectivity index (χ4v) is 1.93. The molecule has 0 saturated carbocycles. The van der Waals surface area contributed by atoms with Crippen molar-refractivity contribution in [3.05, 3.63) is 23.8 Å². The number of rotatable bonds is 3. The topological polar surface area (TPSA) is 55.5 Å². The second-order valence-electron chi connectivity index (χ2n) is 4.24. The molecule has 3 N–H and O–H groups in total. The molecule has 3 nitrogen and oxygen atoms in total. The maximum absolute atomic E-state index is 8.97. The van der Waals surface area contributed by atoms with Crippen molar-refractivity contribution in [1.82, 2.24) is 0 Å². The Morgan fingerprint density at radius 3 is 2.50 bits per heavy atom. The minimum atomic E-state index is -1.63. The molecule has 1 aromatic rings. The van der Waals surface area contributed by atoms with Gasteiger partial charge in [-0.2, -0.15) is 0 Å². The SMILES string of the molecule is C[Si](C)(C)Oc1cc(CO)ccc1N. The van der Waals surface area contributed by atoms with Crippen molar-refractivity contribution in [2.75, 3.05) is 5.73 Å². The van der Waals surface area contributed by atoms with Crippen LogP contribution in [0.25, 0.3) is 0 Å². The first-order valence-electron chi connectivity index (χ1n) is 4.60. The van der Waals surface area contributed by atoms with Gasteiger partial charge in [0.15, 0.2) is 0 Å². The molecule has 0 aromatic heterocycles. The highest BCUT2D eigenvalue weighted by Crippen LogP contribution is 2.25. The average Bonchev–Trinajstić information content (AvgIpc) is 2.06. The summed E-state index contributed by atoms with van der Waals surface area (Å²) in [6, 6.07) is 5.36. The van der Waals surface area contributed by atoms with Crippen molar-refractivity contribution in [2.24, 2.45) is 0 Å². The predicted octanol–water partition coefficient (Wildman–Crippen LogP) is 1.97. The maximum Gasteiger partial charge on any atom is 0.242 e. The van der Waals surface area contributed by atoms with Gasteiger partial charge in [-0.3, -0.25) is 0 Å².